The summed E-state index contributed by atoms with van der Waals surface area (Å²) in [6, 6.07) is 14.1. The molecule has 1 amide bonds. The first-order chi connectivity index (χ1) is 9.16. The van der Waals surface area contributed by atoms with Crippen LogP contribution >= 0.6 is 0 Å². The van der Waals surface area contributed by atoms with Crippen LogP contribution in [-0.2, 0) is 4.79 Å². The van der Waals surface area contributed by atoms with Gasteiger partial charge in [-0.3, -0.25) is 9.80 Å². The minimum absolute atomic E-state index is 0.0814. The van der Waals surface area contributed by atoms with Crippen molar-refractivity contribution < 1.29 is 9.53 Å². The number of carbonyl (C=O) groups is 1. The Morgan fingerprint density at radius 1 is 1.21 bits per heavy atom. The highest BCUT2D eigenvalue weighted by Crippen LogP contribution is 2.20. The predicted octanol–water partition coefficient (Wildman–Crippen LogP) is 2.33. The highest BCUT2D eigenvalue weighted by atomic mass is 16.5. The van der Waals surface area contributed by atoms with Crippen LogP contribution in [0.25, 0.3) is 10.8 Å². The van der Waals surface area contributed by atoms with E-state index in [1.807, 2.05) is 30.3 Å². The van der Waals surface area contributed by atoms with E-state index in [1.54, 1.807) is 7.05 Å². The van der Waals surface area contributed by atoms with E-state index in [0.717, 1.165) is 16.1 Å². The molecule has 0 radical (unpaired) electrons. The van der Waals surface area contributed by atoms with Crippen LogP contribution in [0.4, 0.5) is 0 Å². The third-order valence-electron chi connectivity index (χ3n) is 2.92. The van der Waals surface area contributed by atoms with E-state index in [2.05, 4.69) is 12.1 Å². The smallest absolute Gasteiger partial charge is 0.236 e. The molecule has 2 rings (SSSR count). The van der Waals surface area contributed by atoms with Gasteiger partial charge in [-0.2, -0.15) is 0 Å². The number of fused-ring (bicyclic) bond motifs is 1. The highest BCUT2D eigenvalue weighted by Gasteiger charge is 2.04. The van der Waals surface area contributed by atoms with E-state index in [1.165, 1.54) is 5.39 Å². The van der Waals surface area contributed by atoms with Crippen LogP contribution in [-0.4, -0.2) is 24.6 Å². The molecule has 0 saturated carbocycles. The summed E-state index contributed by atoms with van der Waals surface area (Å²) in [7, 11) is 1.55. The second kappa shape index (κ2) is 6.20. The van der Waals surface area contributed by atoms with Crippen molar-refractivity contribution in [1.29, 1.82) is 0 Å². The van der Waals surface area contributed by atoms with E-state index < -0.39 is 0 Å². The summed E-state index contributed by atoms with van der Waals surface area (Å²) >= 11 is 0. The summed E-state index contributed by atoms with van der Waals surface area (Å²) in [5.74, 6) is 6.08. The average Bonchev–Trinajstić information content (AvgIpc) is 2.43. The number of nitrogens with two attached hydrogens (primary N) is 1. The maximum absolute atomic E-state index is 11.3. The molecule has 0 aliphatic rings. The second-order valence-corrected chi connectivity index (χ2v) is 4.47. The fourth-order valence-corrected chi connectivity index (χ4v) is 1.85. The second-order valence-electron chi connectivity index (χ2n) is 4.47. The normalized spacial score (nSPS) is 10.4. The Balaban J connectivity index is 1.86. The molecule has 0 atom stereocenters. The zero-order chi connectivity index (χ0) is 13.7. The van der Waals surface area contributed by atoms with Gasteiger partial charge >= 0.3 is 0 Å². The summed E-state index contributed by atoms with van der Waals surface area (Å²) in [6.45, 7) is 0.512. The minimum Gasteiger partial charge on any atom is -0.494 e. The van der Waals surface area contributed by atoms with Crippen molar-refractivity contribution in [2.75, 3.05) is 13.7 Å². The Morgan fingerprint density at radius 3 is 2.68 bits per heavy atom. The number of ether oxygens (including phenoxy) is 1. The minimum atomic E-state index is -0.0814. The summed E-state index contributed by atoms with van der Waals surface area (Å²) in [6.07, 6.45) is 1.06. The van der Waals surface area contributed by atoms with E-state index >= 15 is 0 Å². The van der Waals surface area contributed by atoms with Crippen LogP contribution in [0, 0.1) is 0 Å². The largest absolute Gasteiger partial charge is 0.494 e. The maximum atomic E-state index is 11.3. The van der Waals surface area contributed by atoms with Crippen LogP contribution in [0.2, 0.25) is 0 Å². The van der Waals surface area contributed by atoms with Gasteiger partial charge in [-0.15, -0.1) is 0 Å². The number of benzene rings is 2. The van der Waals surface area contributed by atoms with Gasteiger partial charge in [-0.1, -0.05) is 30.3 Å². The third-order valence-corrected chi connectivity index (χ3v) is 2.92. The van der Waals surface area contributed by atoms with E-state index in [0.29, 0.717) is 19.4 Å². The average molecular weight is 258 g/mol. The lowest BCUT2D eigenvalue weighted by molar-refractivity contribution is -0.130. The number of rotatable bonds is 5. The molecule has 0 bridgehead atoms. The van der Waals surface area contributed by atoms with Crippen LogP contribution in [0.3, 0.4) is 0 Å². The molecule has 4 heteroatoms. The van der Waals surface area contributed by atoms with Crippen molar-refractivity contribution >= 4 is 16.7 Å². The molecule has 19 heavy (non-hydrogen) atoms. The topological polar surface area (TPSA) is 55.6 Å². The van der Waals surface area contributed by atoms with Crippen molar-refractivity contribution in [3.05, 3.63) is 42.5 Å². The van der Waals surface area contributed by atoms with Crippen LogP contribution in [0.5, 0.6) is 5.75 Å². The predicted molar refractivity (Wildman–Crippen MR) is 75.6 cm³/mol. The fourth-order valence-electron chi connectivity index (χ4n) is 1.85. The van der Waals surface area contributed by atoms with Gasteiger partial charge in [0, 0.05) is 13.5 Å². The molecule has 0 unspecified atom stereocenters. The van der Waals surface area contributed by atoms with Crippen molar-refractivity contribution in [2.45, 2.75) is 12.8 Å². The Morgan fingerprint density at radius 2 is 1.95 bits per heavy atom. The summed E-state index contributed by atoms with van der Waals surface area (Å²) in [5.41, 5.74) is 0. The molecule has 0 aliphatic heterocycles. The number of carbonyl (C=O) groups excluding carboxylic acids is 1. The molecule has 0 aromatic heterocycles. The Labute approximate surface area is 112 Å². The van der Waals surface area contributed by atoms with E-state index in [9.17, 15) is 4.79 Å². The van der Waals surface area contributed by atoms with Crippen LogP contribution < -0.4 is 10.6 Å². The van der Waals surface area contributed by atoms with Crippen LogP contribution in [0.1, 0.15) is 12.8 Å². The lowest BCUT2D eigenvalue weighted by atomic mass is 10.1. The van der Waals surface area contributed by atoms with Crippen LogP contribution in [0.15, 0.2) is 42.5 Å². The van der Waals surface area contributed by atoms with Gasteiger partial charge in [0.05, 0.1) is 6.61 Å². The third kappa shape index (κ3) is 3.69. The highest BCUT2D eigenvalue weighted by molar-refractivity contribution is 5.83. The summed E-state index contributed by atoms with van der Waals surface area (Å²) in [5, 5.41) is 3.45. The Hall–Kier alpha value is -2.07. The number of hydrogen-bond acceptors (Lipinski definition) is 3. The molecule has 100 valence electrons. The molecule has 0 spiro atoms. The Kier molecular flexibility index (Phi) is 4.36. The maximum Gasteiger partial charge on any atom is 0.236 e. The molecule has 0 aliphatic carbocycles. The molecule has 0 fully saturated rings. The molecule has 2 N–H and O–H groups in total. The summed E-state index contributed by atoms with van der Waals surface area (Å²) < 4.78 is 5.63. The van der Waals surface area contributed by atoms with Gasteiger partial charge < -0.3 is 4.74 Å². The van der Waals surface area contributed by atoms with Crippen molar-refractivity contribution in [3.63, 3.8) is 0 Å². The number of hydrogen-bond donors (Lipinski definition) is 1. The van der Waals surface area contributed by atoms with E-state index in [-0.39, 0.29) is 5.91 Å². The van der Waals surface area contributed by atoms with Gasteiger partial charge in [0.15, 0.2) is 0 Å². The van der Waals surface area contributed by atoms with Crippen molar-refractivity contribution in [3.8, 4) is 5.75 Å². The van der Waals surface area contributed by atoms with E-state index in [4.69, 9.17) is 10.6 Å². The van der Waals surface area contributed by atoms with Gasteiger partial charge in [0.2, 0.25) is 5.91 Å². The summed E-state index contributed by atoms with van der Waals surface area (Å²) in [4.78, 5) is 11.3. The zero-order valence-corrected chi connectivity index (χ0v) is 11.0. The molecule has 0 saturated heterocycles. The quantitative estimate of drug-likeness (QED) is 0.387. The zero-order valence-electron chi connectivity index (χ0n) is 11.0. The first kappa shape index (κ1) is 13.4. The van der Waals surface area contributed by atoms with Gasteiger partial charge in [-0.05, 0) is 29.3 Å². The fraction of sp³-hybridized carbons (Fsp3) is 0.267. The standard InChI is InChI=1S/C15H18N2O2/c1-17(16)15(18)7-4-10-19-14-9-8-12-5-2-3-6-13(12)11-14/h2-3,5-6,8-9,11H,4,7,10,16H2,1H3. The molecular weight excluding hydrogens is 240 g/mol. The van der Waals surface area contributed by atoms with Crippen molar-refractivity contribution in [1.82, 2.24) is 5.01 Å². The first-order valence-corrected chi connectivity index (χ1v) is 6.29. The number of amides is 1. The SMILES string of the molecule is CN(N)C(=O)CCCOc1ccc2ccccc2c1. The van der Waals surface area contributed by atoms with Gasteiger partial charge in [-0.25, -0.2) is 5.84 Å². The molecule has 4 nitrogen and oxygen atoms in total. The van der Waals surface area contributed by atoms with Gasteiger partial charge in [0.1, 0.15) is 5.75 Å². The molecular formula is C15H18N2O2. The lowest BCUT2D eigenvalue weighted by Crippen LogP contribution is -2.33. The molecule has 2 aromatic carbocycles. The monoisotopic (exact) mass is 258 g/mol. The first-order valence-electron chi connectivity index (χ1n) is 6.29. The number of nitrogens with zero attached hydrogens (tertiary/aromatic N) is 1. The van der Waals surface area contributed by atoms with Crippen molar-refractivity contribution in [2.24, 2.45) is 5.84 Å². The molecule has 0 heterocycles. The lowest BCUT2D eigenvalue weighted by Gasteiger charge is -2.10. The number of hydrazine groups is 1. The van der Waals surface area contributed by atoms with Gasteiger partial charge in [0.25, 0.3) is 0 Å². The Bertz CT molecular complexity index is 567. The molecule has 2 aromatic rings.